The van der Waals surface area contributed by atoms with Crippen LogP contribution in [0, 0.1) is 0 Å². The number of carbonyl (C=O) groups is 2. The third-order valence-electron chi connectivity index (χ3n) is 4.21. The van der Waals surface area contributed by atoms with Crippen molar-refractivity contribution in [3.63, 3.8) is 0 Å². The molecule has 2 aromatic carbocycles. The Labute approximate surface area is 162 Å². The fraction of sp³-hybridized carbons (Fsp3) is 0.143. The minimum atomic E-state index is -0.496. The molecule has 2 atom stereocenters. The second-order valence-electron chi connectivity index (χ2n) is 6.18. The Kier molecular flexibility index (Phi) is 6.01. The third kappa shape index (κ3) is 4.81. The average Bonchev–Trinajstić information content (AvgIpc) is 3.21. The Hall–Kier alpha value is -2.96. The van der Waals surface area contributed by atoms with E-state index in [0.29, 0.717) is 11.3 Å². The van der Waals surface area contributed by atoms with Crippen molar-refractivity contribution in [1.29, 1.82) is 0 Å². The van der Waals surface area contributed by atoms with Gasteiger partial charge in [-0.1, -0.05) is 36.4 Å². The minimum Gasteiger partial charge on any atom is -0.366 e. The molecule has 4 N–H and O–H groups in total. The molecule has 5 nitrogen and oxygen atoms in total. The van der Waals surface area contributed by atoms with Gasteiger partial charge in [0.05, 0.1) is 12.1 Å². The second kappa shape index (κ2) is 8.62. The first-order chi connectivity index (χ1) is 13.0. The molecule has 27 heavy (non-hydrogen) atoms. The number of amides is 2. The number of rotatable bonds is 7. The van der Waals surface area contributed by atoms with Crippen LogP contribution in [0.1, 0.15) is 33.8 Å². The average molecular weight is 379 g/mol. The lowest BCUT2D eigenvalue weighted by Crippen LogP contribution is -2.40. The summed E-state index contributed by atoms with van der Waals surface area (Å²) in [4.78, 5) is 24.9. The summed E-state index contributed by atoms with van der Waals surface area (Å²) in [5.41, 5.74) is 7.36. The van der Waals surface area contributed by atoms with Crippen molar-refractivity contribution in [3.05, 3.63) is 88.1 Å². The Morgan fingerprint density at radius 3 is 2.26 bits per heavy atom. The van der Waals surface area contributed by atoms with Crippen molar-refractivity contribution >= 4 is 28.8 Å². The number of primary amides is 1. The maximum atomic E-state index is 12.6. The van der Waals surface area contributed by atoms with Gasteiger partial charge in [-0.15, -0.1) is 11.3 Å². The molecule has 3 aromatic rings. The van der Waals surface area contributed by atoms with Gasteiger partial charge in [-0.2, -0.15) is 0 Å². The quantitative estimate of drug-likeness (QED) is 0.587. The number of thiophene rings is 1. The van der Waals surface area contributed by atoms with E-state index in [1.807, 2.05) is 48.7 Å². The smallest absolute Gasteiger partial charge is 0.248 e. The lowest BCUT2D eigenvalue weighted by atomic mass is 10.0. The molecule has 3 rings (SSSR count). The summed E-state index contributed by atoms with van der Waals surface area (Å²) < 4.78 is 0. The van der Waals surface area contributed by atoms with Crippen LogP contribution in [0.4, 0.5) is 5.69 Å². The topological polar surface area (TPSA) is 84.2 Å². The Bertz CT molecular complexity index is 893. The molecule has 0 spiro atoms. The molecule has 0 aliphatic carbocycles. The van der Waals surface area contributed by atoms with Crippen molar-refractivity contribution in [3.8, 4) is 0 Å². The van der Waals surface area contributed by atoms with Crippen LogP contribution in [0.15, 0.2) is 72.1 Å². The van der Waals surface area contributed by atoms with Gasteiger partial charge in [-0.3, -0.25) is 14.9 Å². The van der Waals surface area contributed by atoms with Gasteiger partial charge in [0.25, 0.3) is 0 Å². The maximum Gasteiger partial charge on any atom is 0.248 e. The van der Waals surface area contributed by atoms with Gasteiger partial charge in [0.1, 0.15) is 0 Å². The van der Waals surface area contributed by atoms with Crippen LogP contribution >= 0.6 is 11.3 Å². The van der Waals surface area contributed by atoms with E-state index in [9.17, 15) is 9.59 Å². The first-order valence-corrected chi connectivity index (χ1v) is 9.47. The molecule has 0 fully saturated rings. The van der Waals surface area contributed by atoms with Gasteiger partial charge in [0, 0.05) is 16.1 Å². The predicted octanol–water partition coefficient (Wildman–Crippen LogP) is 3.55. The molecule has 6 heteroatoms. The fourth-order valence-corrected chi connectivity index (χ4v) is 3.55. The summed E-state index contributed by atoms with van der Waals surface area (Å²) in [6.45, 7) is 1.83. The molecule has 138 valence electrons. The highest BCUT2D eigenvalue weighted by atomic mass is 32.1. The van der Waals surface area contributed by atoms with E-state index in [1.54, 1.807) is 35.6 Å². The van der Waals surface area contributed by atoms with E-state index in [-0.39, 0.29) is 11.9 Å². The Morgan fingerprint density at radius 2 is 1.67 bits per heavy atom. The fourth-order valence-electron chi connectivity index (χ4n) is 2.74. The molecule has 0 aliphatic rings. The Balaban J connectivity index is 1.70. The van der Waals surface area contributed by atoms with Crippen LogP contribution in [-0.2, 0) is 4.79 Å². The number of nitrogens with two attached hydrogens (primary N) is 1. The third-order valence-corrected chi connectivity index (χ3v) is 5.14. The molecule has 0 radical (unpaired) electrons. The molecule has 0 aliphatic heterocycles. The van der Waals surface area contributed by atoms with Gasteiger partial charge in [-0.25, -0.2) is 0 Å². The molecule has 0 bridgehead atoms. The Morgan fingerprint density at radius 1 is 0.963 bits per heavy atom. The summed E-state index contributed by atoms with van der Waals surface area (Å²) in [7, 11) is 0. The lowest BCUT2D eigenvalue weighted by molar-refractivity contribution is -0.117. The summed E-state index contributed by atoms with van der Waals surface area (Å²) in [6.07, 6.45) is 0. The van der Waals surface area contributed by atoms with E-state index >= 15 is 0 Å². The van der Waals surface area contributed by atoms with Crippen molar-refractivity contribution < 1.29 is 9.59 Å². The summed E-state index contributed by atoms with van der Waals surface area (Å²) in [5, 5.41) is 8.30. The normalized spacial score (nSPS) is 12.9. The highest BCUT2D eigenvalue weighted by molar-refractivity contribution is 7.10. The molecule has 0 unspecified atom stereocenters. The molecular weight excluding hydrogens is 358 g/mol. The van der Waals surface area contributed by atoms with Crippen molar-refractivity contribution in [2.24, 2.45) is 5.73 Å². The monoisotopic (exact) mass is 379 g/mol. The minimum absolute atomic E-state index is 0.0656. The molecule has 0 saturated carbocycles. The van der Waals surface area contributed by atoms with E-state index in [2.05, 4.69) is 16.7 Å². The van der Waals surface area contributed by atoms with E-state index in [4.69, 9.17) is 5.73 Å². The molecule has 0 saturated heterocycles. The highest BCUT2D eigenvalue weighted by Crippen LogP contribution is 2.26. The summed E-state index contributed by atoms with van der Waals surface area (Å²) in [6, 6.07) is 20.1. The predicted molar refractivity (Wildman–Crippen MR) is 109 cm³/mol. The van der Waals surface area contributed by atoms with Crippen molar-refractivity contribution in [2.75, 3.05) is 5.32 Å². The standard InChI is InChI=1S/C21H21N3O2S/c1-14(21(26)24-17-11-9-16(10-12-17)20(22)25)23-19(18-8-5-13-27-18)15-6-3-2-4-7-15/h2-14,19,23H,1H3,(H2,22,25)(H,24,26)/t14-,19-/m1/s1. The van der Waals surface area contributed by atoms with Crippen LogP contribution in [0.25, 0.3) is 0 Å². The van der Waals surface area contributed by atoms with E-state index in [1.165, 1.54) is 0 Å². The SMILES string of the molecule is C[C@@H](N[C@H](c1ccccc1)c1cccs1)C(=O)Nc1ccc(C(N)=O)cc1. The van der Waals surface area contributed by atoms with Crippen molar-refractivity contribution in [1.82, 2.24) is 5.32 Å². The largest absolute Gasteiger partial charge is 0.366 e. The number of hydrogen-bond acceptors (Lipinski definition) is 4. The number of benzene rings is 2. The van der Waals surface area contributed by atoms with Crippen LogP contribution in [-0.4, -0.2) is 17.9 Å². The molecular formula is C21H21N3O2S. The number of carbonyl (C=O) groups excluding carboxylic acids is 2. The number of anilines is 1. The maximum absolute atomic E-state index is 12.6. The molecule has 1 aromatic heterocycles. The lowest BCUT2D eigenvalue weighted by Gasteiger charge is -2.22. The van der Waals surface area contributed by atoms with Crippen LogP contribution < -0.4 is 16.4 Å². The van der Waals surface area contributed by atoms with Gasteiger partial charge in [0.15, 0.2) is 0 Å². The first kappa shape index (κ1) is 18.8. The first-order valence-electron chi connectivity index (χ1n) is 8.59. The molecule has 2 amide bonds. The van der Waals surface area contributed by atoms with Crippen LogP contribution in [0.2, 0.25) is 0 Å². The van der Waals surface area contributed by atoms with Gasteiger partial charge >= 0.3 is 0 Å². The van der Waals surface area contributed by atoms with Crippen LogP contribution in [0.5, 0.6) is 0 Å². The second-order valence-corrected chi connectivity index (χ2v) is 7.16. The zero-order valence-electron chi connectivity index (χ0n) is 14.9. The zero-order chi connectivity index (χ0) is 19.2. The summed E-state index contributed by atoms with van der Waals surface area (Å²) in [5.74, 6) is -0.649. The van der Waals surface area contributed by atoms with E-state index < -0.39 is 11.9 Å². The van der Waals surface area contributed by atoms with Crippen molar-refractivity contribution in [2.45, 2.75) is 19.0 Å². The van der Waals surface area contributed by atoms with Gasteiger partial charge < -0.3 is 11.1 Å². The summed E-state index contributed by atoms with van der Waals surface area (Å²) >= 11 is 1.65. The van der Waals surface area contributed by atoms with Gasteiger partial charge in [0.2, 0.25) is 11.8 Å². The zero-order valence-corrected chi connectivity index (χ0v) is 15.7. The van der Waals surface area contributed by atoms with E-state index in [0.717, 1.165) is 10.4 Å². The molecule has 1 heterocycles. The van der Waals surface area contributed by atoms with Crippen LogP contribution in [0.3, 0.4) is 0 Å². The van der Waals surface area contributed by atoms with Gasteiger partial charge in [-0.05, 0) is 48.2 Å². The number of nitrogens with one attached hydrogen (secondary N) is 2. The number of hydrogen-bond donors (Lipinski definition) is 3. The highest BCUT2D eigenvalue weighted by Gasteiger charge is 2.21.